The van der Waals surface area contributed by atoms with Crippen molar-refractivity contribution >= 4 is 15.9 Å². The van der Waals surface area contributed by atoms with E-state index < -0.39 is 5.41 Å². The van der Waals surface area contributed by atoms with Crippen LogP contribution in [-0.4, -0.2) is 23.2 Å². The van der Waals surface area contributed by atoms with Gasteiger partial charge in [-0.1, -0.05) is 28.1 Å². The fourth-order valence-corrected chi connectivity index (χ4v) is 2.37. The monoisotopic (exact) mass is 329 g/mol. The summed E-state index contributed by atoms with van der Waals surface area (Å²) in [5, 5.41) is 9.36. The summed E-state index contributed by atoms with van der Waals surface area (Å²) in [5.41, 5.74) is 2.01. The summed E-state index contributed by atoms with van der Waals surface area (Å²) in [6.45, 7) is 2.65. The van der Waals surface area contributed by atoms with Gasteiger partial charge in [-0.05, 0) is 25.1 Å². The Balaban J connectivity index is 2.07. The molecule has 0 spiro atoms. The summed E-state index contributed by atoms with van der Waals surface area (Å²) in [6.07, 6.45) is 0. The number of rotatable bonds is 2. The van der Waals surface area contributed by atoms with Crippen LogP contribution in [0.25, 0.3) is 11.3 Å². The topological polar surface area (TPSA) is 58.8 Å². The molecular weight excluding hydrogens is 318 g/mol. The van der Waals surface area contributed by atoms with Crippen molar-refractivity contribution in [2.24, 2.45) is 0 Å². The Labute approximate surface area is 125 Å². The number of ether oxygens (including phenoxy) is 1. The van der Waals surface area contributed by atoms with Crippen molar-refractivity contribution in [2.45, 2.75) is 12.3 Å². The molecule has 3 rings (SSSR count). The Morgan fingerprint density at radius 3 is 2.50 bits per heavy atom. The second kappa shape index (κ2) is 4.97. The fraction of sp³-hybridized carbons (Fsp3) is 0.267. The SMILES string of the molecule is Cc1cc(-c2ccc(Br)cc2)nc(C2(C#N)COC2)n1. The van der Waals surface area contributed by atoms with Gasteiger partial charge in [0.05, 0.1) is 25.0 Å². The van der Waals surface area contributed by atoms with Gasteiger partial charge >= 0.3 is 0 Å². The van der Waals surface area contributed by atoms with Crippen molar-refractivity contribution < 1.29 is 4.74 Å². The molecule has 0 bridgehead atoms. The van der Waals surface area contributed by atoms with Crippen LogP contribution in [0.5, 0.6) is 0 Å². The first-order valence-electron chi connectivity index (χ1n) is 6.24. The first-order valence-corrected chi connectivity index (χ1v) is 7.03. The van der Waals surface area contributed by atoms with Crippen LogP contribution < -0.4 is 0 Å². The summed E-state index contributed by atoms with van der Waals surface area (Å²) in [7, 11) is 0. The molecule has 1 aromatic heterocycles. The molecule has 2 heterocycles. The third-order valence-electron chi connectivity index (χ3n) is 3.33. The van der Waals surface area contributed by atoms with E-state index in [9.17, 15) is 5.26 Å². The molecule has 1 saturated heterocycles. The molecule has 0 unspecified atom stereocenters. The Morgan fingerprint density at radius 1 is 1.25 bits per heavy atom. The number of halogens is 1. The van der Waals surface area contributed by atoms with Crippen LogP contribution in [0.4, 0.5) is 0 Å². The second-order valence-electron chi connectivity index (χ2n) is 4.91. The minimum atomic E-state index is -0.684. The van der Waals surface area contributed by atoms with Crippen LogP contribution >= 0.6 is 15.9 Å². The van der Waals surface area contributed by atoms with E-state index in [2.05, 4.69) is 32.0 Å². The van der Waals surface area contributed by atoms with E-state index in [1.165, 1.54) is 0 Å². The zero-order valence-electron chi connectivity index (χ0n) is 10.9. The Morgan fingerprint density at radius 2 is 1.95 bits per heavy atom. The normalized spacial score (nSPS) is 16.2. The standard InChI is InChI=1S/C15H12BrN3O/c1-10-6-13(11-2-4-12(16)5-3-11)19-14(18-10)15(7-17)8-20-9-15/h2-6H,8-9H2,1H3. The quantitative estimate of drug-likeness (QED) is 0.849. The van der Waals surface area contributed by atoms with E-state index in [0.717, 1.165) is 21.4 Å². The van der Waals surface area contributed by atoms with Crippen molar-refractivity contribution in [2.75, 3.05) is 13.2 Å². The molecule has 2 aromatic rings. The van der Waals surface area contributed by atoms with Gasteiger partial charge in [0.1, 0.15) is 0 Å². The van der Waals surface area contributed by atoms with E-state index in [4.69, 9.17) is 4.74 Å². The molecule has 20 heavy (non-hydrogen) atoms. The third kappa shape index (κ3) is 2.21. The molecule has 0 N–H and O–H groups in total. The van der Waals surface area contributed by atoms with Gasteiger partial charge in [-0.3, -0.25) is 0 Å². The minimum absolute atomic E-state index is 0.368. The number of aromatic nitrogens is 2. The highest BCUT2D eigenvalue weighted by molar-refractivity contribution is 9.10. The number of aryl methyl sites for hydroxylation is 1. The number of nitriles is 1. The molecule has 0 atom stereocenters. The molecular formula is C15H12BrN3O. The average molecular weight is 330 g/mol. The molecule has 0 aliphatic carbocycles. The number of benzene rings is 1. The molecule has 100 valence electrons. The van der Waals surface area contributed by atoms with Gasteiger partial charge in [-0.25, -0.2) is 9.97 Å². The Kier molecular flexibility index (Phi) is 3.28. The van der Waals surface area contributed by atoms with Gasteiger partial charge in [-0.2, -0.15) is 5.26 Å². The van der Waals surface area contributed by atoms with E-state index in [1.807, 2.05) is 37.3 Å². The molecule has 4 nitrogen and oxygen atoms in total. The highest BCUT2D eigenvalue weighted by Crippen LogP contribution is 2.31. The average Bonchev–Trinajstić information content (AvgIpc) is 2.38. The largest absolute Gasteiger partial charge is 0.377 e. The zero-order chi connectivity index (χ0) is 14.2. The van der Waals surface area contributed by atoms with Crippen LogP contribution in [0.1, 0.15) is 11.5 Å². The zero-order valence-corrected chi connectivity index (χ0v) is 12.5. The first-order chi connectivity index (χ1) is 9.63. The number of hydrogen-bond donors (Lipinski definition) is 0. The molecule has 5 heteroatoms. The van der Waals surface area contributed by atoms with E-state index in [-0.39, 0.29) is 0 Å². The van der Waals surface area contributed by atoms with Gasteiger partial charge in [0.2, 0.25) is 0 Å². The number of hydrogen-bond acceptors (Lipinski definition) is 4. The van der Waals surface area contributed by atoms with Crippen LogP contribution in [0.3, 0.4) is 0 Å². The predicted octanol–water partition coefficient (Wildman–Crippen LogP) is 3.01. The lowest BCUT2D eigenvalue weighted by atomic mass is 9.86. The van der Waals surface area contributed by atoms with Gasteiger partial charge in [0, 0.05) is 15.7 Å². The number of nitrogens with zero attached hydrogens (tertiary/aromatic N) is 3. The van der Waals surface area contributed by atoms with Crippen molar-refractivity contribution in [1.82, 2.24) is 9.97 Å². The van der Waals surface area contributed by atoms with Crippen LogP contribution in [0.15, 0.2) is 34.8 Å². The van der Waals surface area contributed by atoms with Gasteiger partial charge < -0.3 is 4.74 Å². The van der Waals surface area contributed by atoms with Gasteiger partial charge in [-0.15, -0.1) is 0 Å². The maximum Gasteiger partial charge on any atom is 0.163 e. The van der Waals surface area contributed by atoms with Crippen LogP contribution in [-0.2, 0) is 10.2 Å². The Hall–Kier alpha value is -1.77. The van der Waals surface area contributed by atoms with E-state index >= 15 is 0 Å². The smallest absolute Gasteiger partial charge is 0.163 e. The molecule has 1 aliphatic heterocycles. The fourth-order valence-electron chi connectivity index (χ4n) is 2.10. The van der Waals surface area contributed by atoms with Crippen molar-refractivity contribution in [3.8, 4) is 17.3 Å². The lowest BCUT2D eigenvalue weighted by molar-refractivity contribution is -0.0339. The molecule has 1 fully saturated rings. The summed E-state index contributed by atoms with van der Waals surface area (Å²) < 4.78 is 6.20. The second-order valence-corrected chi connectivity index (χ2v) is 5.83. The van der Waals surface area contributed by atoms with E-state index in [1.54, 1.807) is 0 Å². The van der Waals surface area contributed by atoms with E-state index in [0.29, 0.717) is 19.0 Å². The van der Waals surface area contributed by atoms with Crippen LogP contribution in [0, 0.1) is 18.3 Å². The Bertz CT molecular complexity index is 687. The lowest BCUT2D eigenvalue weighted by Gasteiger charge is -2.33. The maximum atomic E-state index is 9.36. The predicted molar refractivity (Wildman–Crippen MR) is 78.0 cm³/mol. The molecule has 0 amide bonds. The molecule has 0 radical (unpaired) electrons. The molecule has 1 aliphatic rings. The van der Waals surface area contributed by atoms with Gasteiger partial charge in [0.15, 0.2) is 11.2 Å². The lowest BCUT2D eigenvalue weighted by Crippen LogP contribution is -2.47. The molecule has 0 saturated carbocycles. The maximum absolute atomic E-state index is 9.36. The highest BCUT2D eigenvalue weighted by Gasteiger charge is 2.44. The third-order valence-corrected chi connectivity index (χ3v) is 3.86. The van der Waals surface area contributed by atoms with Crippen molar-refractivity contribution in [3.63, 3.8) is 0 Å². The minimum Gasteiger partial charge on any atom is -0.377 e. The summed E-state index contributed by atoms with van der Waals surface area (Å²) >= 11 is 3.42. The highest BCUT2D eigenvalue weighted by atomic mass is 79.9. The van der Waals surface area contributed by atoms with Gasteiger partial charge in [0.25, 0.3) is 0 Å². The van der Waals surface area contributed by atoms with Crippen molar-refractivity contribution in [1.29, 1.82) is 5.26 Å². The summed E-state index contributed by atoms with van der Waals surface area (Å²) in [6, 6.07) is 12.1. The summed E-state index contributed by atoms with van der Waals surface area (Å²) in [4.78, 5) is 8.99. The van der Waals surface area contributed by atoms with Crippen molar-refractivity contribution in [3.05, 3.63) is 46.3 Å². The van der Waals surface area contributed by atoms with Crippen LogP contribution in [0.2, 0.25) is 0 Å². The first kappa shape index (κ1) is 13.2. The summed E-state index contributed by atoms with van der Waals surface area (Å²) in [5.74, 6) is 0.559. The molecule has 1 aromatic carbocycles.